The minimum atomic E-state index is -0.0426. The van der Waals surface area contributed by atoms with Crippen molar-refractivity contribution in [3.05, 3.63) is 69.5 Å². The third-order valence-corrected chi connectivity index (χ3v) is 6.78. The van der Waals surface area contributed by atoms with E-state index in [0.29, 0.717) is 22.6 Å². The Kier molecular flexibility index (Phi) is 7.40. The molecule has 0 aliphatic carbocycles. The van der Waals surface area contributed by atoms with Crippen LogP contribution in [0.2, 0.25) is 0 Å². The van der Waals surface area contributed by atoms with Crippen LogP contribution in [0, 0.1) is 13.8 Å². The summed E-state index contributed by atoms with van der Waals surface area (Å²) in [5, 5.41) is 1.22. The predicted octanol–water partition coefficient (Wildman–Crippen LogP) is 3.71. The van der Waals surface area contributed by atoms with E-state index in [1.165, 1.54) is 11.8 Å². The van der Waals surface area contributed by atoms with E-state index < -0.39 is 0 Å². The number of aromatic nitrogens is 2. The van der Waals surface area contributed by atoms with Crippen LogP contribution in [0.5, 0.6) is 0 Å². The summed E-state index contributed by atoms with van der Waals surface area (Å²) in [6.07, 6.45) is 0.846. The van der Waals surface area contributed by atoms with Gasteiger partial charge in [0.05, 0.1) is 29.9 Å². The number of carbonyl (C=O) groups excluding carboxylic acids is 1. The van der Waals surface area contributed by atoms with E-state index in [0.717, 1.165) is 56.0 Å². The number of morpholine rings is 1. The highest BCUT2D eigenvalue weighted by Crippen LogP contribution is 2.21. The van der Waals surface area contributed by atoms with Gasteiger partial charge in [0.1, 0.15) is 0 Å². The van der Waals surface area contributed by atoms with Crippen molar-refractivity contribution in [2.75, 3.05) is 38.6 Å². The molecule has 0 bridgehead atoms. The van der Waals surface area contributed by atoms with Crippen molar-refractivity contribution in [1.82, 2.24) is 14.5 Å². The first-order chi connectivity index (χ1) is 15.5. The van der Waals surface area contributed by atoms with Gasteiger partial charge in [-0.15, -0.1) is 0 Å². The molecule has 0 saturated carbocycles. The van der Waals surface area contributed by atoms with Crippen LogP contribution in [-0.4, -0.2) is 58.8 Å². The summed E-state index contributed by atoms with van der Waals surface area (Å²) >= 11 is 1.35. The van der Waals surface area contributed by atoms with E-state index in [2.05, 4.69) is 4.90 Å². The van der Waals surface area contributed by atoms with Gasteiger partial charge in [-0.05, 0) is 38.0 Å². The molecule has 0 radical (unpaired) electrons. The Morgan fingerprint density at radius 1 is 1.09 bits per heavy atom. The Hall–Kier alpha value is -2.48. The summed E-state index contributed by atoms with van der Waals surface area (Å²) in [7, 11) is 0. The number of hydrogen-bond acceptors (Lipinski definition) is 6. The second-order valence-electron chi connectivity index (χ2n) is 8.21. The number of rotatable bonds is 8. The van der Waals surface area contributed by atoms with Gasteiger partial charge in [0.2, 0.25) is 0 Å². The van der Waals surface area contributed by atoms with Gasteiger partial charge >= 0.3 is 0 Å². The molecular formula is C25H29N3O3S. The Labute approximate surface area is 192 Å². The number of carbonyl (C=O) groups is 1. The normalized spacial score (nSPS) is 14.7. The van der Waals surface area contributed by atoms with Crippen molar-refractivity contribution in [1.29, 1.82) is 0 Å². The molecule has 2 heterocycles. The minimum absolute atomic E-state index is 0.0426. The molecule has 0 spiro atoms. The first-order valence-electron chi connectivity index (χ1n) is 11.1. The molecule has 32 heavy (non-hydrogen) atoms. The van der Waals surface area contributed by atoms with Gasteiger partial charge in [-0.1, -0.05) is 47.7 Å². The van der Waals surface area contributed by atoms with E-state index in [1.807, 2.05) is 56.3 Å². The van der Waals surface area contributed by atoms with Crippen LogP contribution < -0.4 is 5.56 Å². The number of aryl methyl sites for hydroxylation is 2. The number of thioether (sulfide) groups is 1. The number of fused-ring (bicyclic) bond motifs is 1. The van der Waals surface area contributed by atoms with Crippen LogP contribution in [-0.2, 0) is 11.3 Å². The number of ether oxygens (including phenoxy) is 1. The molecule has 4 rings (SSSR count). The SMILES string of the molecule is Cc1ccc(C(=O)CSc2nc3ccccc3c(=O)n2CCCN2CCOCC2)c(C)c1. The van der Waals surface area contributed by atoms with Crippen molar-refractivity contribution in [2.45, 2.75) is 32.0 Å². The van der Waals surface area contributed by atoms with Crippen LogP contribution in [0.1, 0.15) is 27.9 Å². The fourth-order valence-corrected chi connectivity index (χ4v) is 4.98. The van der Waals surface area contributed by atoms with E-state index >= 15 is 0 Å². The minimum Gasteiger partial charge on any atom is -0.379 e. The lowest BCUT2D eigenvalue weighted by atomic mass is 10.0. The van der Waals surface area contributed by atoms with Crippen molar-refractivity contribution in [3.8, 4) is 0 Å². The second-order valence-corrected chi connectivity index (χ2v) is 9.15. The molecule has 0 atom stereocenters. The van der Waals surface area contributed by atoms with E-state index in [9.17, 15) is 9.59 Å². The summed E-state index contributed by atoms with van der Waals surface area (Å²) in [6.45, 7) is 8.85. The molecule has 0 unspecified atom stereocenters. The number of benzene rings is 2. The standard InChI is InChI=1S/C25H29N3O3S/c1-18-8-9-20(19(2)16-18)23(29)17-32-25-26-22-7-4-3-6-21(22)24(30)28(25)11-5-10-27-12-14-31-15-13-27/h3-4,6-9,16H,5,10-15,17H2,1-2H3. The lowest BCUT2D eigenvalue weighted by Gasteiger charge is -2.26. The van der Waals surface area contributed by atoms with Crippen molar-refractivity contribution in [3.63, 3.8) is 0 Å². The zero-order chi connectivity index (χ0) is 22.5. The summed E-state index contributed by atoms with van der Waals surface area (Å²) < 4.78 is 7.15. The average molecular weight is 452 g/mol. The fraction of sp³-hybridized carbons (Fsp3) is 0.400. The lowest BCUT2D eigenvalue weighted by Crippen LogP contribution is -2.37. The number of nitrogens with zero attached hydrogens (tertiary/aromatic N) is 3. The van der Waals surface area contributed by atoms with Crippen molar-refractivity contribution >= 4 is 28.4 Å². The molecular weight excluding hydrogens is 422 g/mol. The zero-order valence-corrected chi connectivity index (χ0v) is 19.5. The first kappa shape index (κ1) is 22.7. The van der Waals surface area contributed by atoms with E-state index in [1.54, 1.807) is 4.57 Å². The number of para-hydroxylation sites is 1. The van der Waals surface area contributed by atoms with Crippen LogP contribution in [0.4, 0.5) is 0 Å². The highest BCUT2D eigenvalue weighted by Gasteiger charge is 2.16. The number of ketones is 1. The highest BCUT2D eigenvalue weighted by molar-refractivity contribution is 7.99. The lowest BCUT2D eigenvalue weighted by molar-refractivity contribution is 0.0368. The molecule has 0 N–H and O–H groups in total. The molecule has 7 heteroatoms. The molecule has 1 saturated heterocycles. The third-order valence-electron chi connectivity index (χ3n) is 5.80. The van der Waals surface area contributed by atoms with Crippen LogP contribution in [0.3, 0.4) is 0 Å². The molecule has 6 nitrogen and oxygen atoms in total. The number of hydrogen-bond donors (Lipinski definition) is 0. The third kappa shape index (κ3) is 5.28. The maximum Gasteiger partial charge on any atom is 0.262 e. The summed E-state index contributed by atoms with van der Waals surface area (Å²) in [5.41, 5.74) is 3.47. The Bertz CT molecular complexity index is 1170. The van der Waals surface area contributed by atoms with Crippen LogP contribution >= 0.6 is 11.8 Å². The molecule has 1 aromatic heterocycles. The van der Waals surface area contributed by atoms with Gasteiger partial charge in [-0.3, -0.25) is 19.1 Å². The van der Waals surface area contributed by atoms with E-state index in [4.69, 9.17) is 9.72 Å². The molecule has 0 amide bonds. The van der Waals surface area contributed by atoms with Crippen molar-refractivity contribution in [2.24, 2.45) is 0 Å². The largest absolute Gasteiger partial charge is 0.379 e. The van der Waals surface area contributed by atoms with Crippen LogP contribution in [0.25, 0.3) is 10.9 Å². The molecule has 2 aromatic carbocycles. The smallest absolute Gasteiger partial charge is 0.262 e. The number of Topliss-reactive ketones (excluding diaryl/α,β-unsaturated/α-hetero) is 1. The average Bonchev–Trinajstić information content (AvgIpc) is 2.80. The van der Waals surface area contributed by atoms with Crippen molar-refractivity contribution < 1.29 is 9.53 Å². The van der Waals surface area contributed by atoms with Gasteiger partial charge in [-0.2, -0.15) is 0 Å². The maximum atomic E-state index is 13.2. The predicted molar refractivity (Wildman–Crippen MR) is 129 cm³/mol. The molecule has 1 aliphatic rings. The molecule has 3 aromatic rings. The first-order valence-corrected chi connectivity index (χ1v) is 12.0. The summed E-state index contributed by atoms with van der Waals surface area (Å²) in [4.78, 5) is 33.2. The fourth-order valence-electron chi connectivity index (χ4n) is 4.07. The Morgan fingerprint density at radius 3 is 2.66 bits per heavy atom. The summed E-state index contributed by atoms with van der Waals surface area (Å²) in [5.74, 6) is 0.299. The monoisotopic (exact) mass is 451 g/mol. The molecule has 1 fully saturated rings. The zero-order valence-electron chi connectivity index (χ0n) is 18.7. The van der Waals surface area contributed by atoms with Gasteiger partial charge in [-0.25, -0.2) is 4.98 Å². The molecule has 1 aliphatic heterocycles. The quantitative estimate of drug-likeness (QED) is 0.296. The van der Waals surface area contributed by atoms with E-state index in [-0.39, 0.29) is 17.1 Å². The van der Waals surface area contributed by atoms with Gasteiger partial charge in [0.15, 0.2) is 10.9 Å². The van der Waals surface area contributed by atoms with Crippen LogP contribution in [0.15, 0.2) is 52.4 Å². The topological polar surface area (TPSA) is 64.4 Å². The van der Waals surface area contributed by atoms with Gasteiger partial charge in [0.25, 0.3) is 5.56 Å². The van der Waals surface area contributed by atoms with Gasteiger partial charge < -0.3 is 4.74 Å². The Morgan fingerprint density at radius 2 is 1.88 bits per heavy atom. The molecule has 168 valence electrons. The van der Waals surface area contributed by atoms with Gasteiger partial charge in [0, 0.05) is 31.7 Å². The maximum absolute atomic E-state index is 13.2. The Balaban J connectivity index is 1.54. The highest BCUT2D eigenvalue weighted by atomic mass is 32.2. The second kappa shape index (κ2) is 10.4. The summed E-state index contributed by atoms with van der Waals surface area (Å²) in [6, 6.07) is 13.3.